The number of carbonyl (C=O) groups is 1. The number of furan rings is 2. The monoisotopic (exact) mass is 506 g/mol. The van der Waals surface area contributed by atoms with Gasteiger partial charge in [0.25, 0.3) is 0 Å². The first-order valence-corrected chi connectivity index (χ1v) is 10.7. The number of rotatable bonds is 4. The topological polar surface area (TPSA) is 63.6 Å². The minimum absolute atomic E-state index is 0.149. The molecule has 1 N–H and O–H groups in total. The second kappa shape index (κ2) is 7.67. The summed E-state index contributed by atoms with van der Waals surface area (Å²) in [5, 5.41) is 9.84. The van der Waals surface area contributed by atoms with E-state index in [-0.39, 0.29) is 16.4 Å². The van der Waals surface area contributed by atoms with Crippen LogP contribution in [0.2, 0.25) is 0 Å². The predicted molar refractivity (Wildman–Crippen MR) is 122 cm³/mol. The van der Waals surface area contributed by atoms with E-state index in [0.717, 1.165) is 15.1 Å². The minimum atomic E-state index is -0.964. The summed E-state index contributed by atoms with van der Waals surface area (Å²) < 4.78 is 13.3. The Morgan fingerprint density at radius 2 is 1.34 bits per heavy atom. The highest BCUT2D eigenvalue weighted by Crippen LogP contribution is 2.39. The molecule has 0 aliphatic heterocycles. The van der Waals surface area contributed by atoms with Crippen molar-refractivity contribution in [2.24, 2.45) is 0 Å². The third-order valence-electron chi connectivity index (χ3n) is 4.86. The highest BCUT2D eigenvalue weighted by atomic mass is 127. The first-order valence-electron chi connectivity index (χ1n) is 9.61. The molecule has 0 spiro atoms. The lowest BCUT2D eigenvalue weighted by Crippen LogP contribution is -2.12. The summed E-state index contributed by atoms with van der Waals surface area (Å²) in [5.74, 6) is 1.64. The molecule has 0 amide bonds. The van der Waals surface area contributed by atoms with Crippen molar-refractivity contribution in [1.29, 1.82) is 0 Å². The molecule has 2 heterocycles. The van der Waals surface area contributed by atoms with E-state index in [9.17, 15) is 9.90 Å². The Hall–Kier alpha value is -2.02. The van der Waals surface area contributed by atoms with Crippen molar-refractivity contribution in [2.45, 2.75) is 58.3 Å². The summed E-state index contributed by atoms with van der Waals surface area (Å²) >= 11 is 2.13. The van der Waals surface area contributed by atoms with Gasteiger partial charge in [0.05, 0.1) is 5.56 Å². The summed E-state index contributed by atoms with van der Waals surface area (Å²) in [6.45, 7) is 12.5. The maximum Gasteiger partial charge on any atom is 0.336 e. The van der Waals surface area contributed by atoms with Crippen LogP contribution in [0.3, 0.4) is 0 Å². The van der Waals surface area contributed by atoms with Crippen LogP contribution >= 0.6 is 22.6 Å². The number of carboxylic acids is 1. The number of hydrogen-bond donors (Lipinski definition) is 1. The summed E-state index contributed by atoms with van der Waals surface area (Å²) in [7, 11) is 0. The molecule has 1 aromatic carbocycles. The van der Waals surface area contributed by atoms with Crippen molar-refractivity contribution in [3.05, 3.63) is 80.2 Å². The third kappa shape index (κ3) is 4.60. The number of hydrogen-bond acceptors (Lipinski definition) is 3. The molecule has 154 valence electrons. The van der Waals surface area contributed by atoms with Gasteiger partial charge < -0.3 is 13.9 Å². The van der Waals surface area contributed by atoms with E-state index in [1.54, 1.807) is 6.07 Å². The van der Waals surface area contributed by atoms with Gasteiger partial charge in [0.15, 0.2) is 0 Å². The van der Waals surface area contributed by atoms with Crippen molar-refractivity contribution >= 4 is 28.6 Å². The molecule has 0 radical (unpaired) electrons. The van der Waals surface area contributed by atoms with E-state index < -0.39 is 11.9 Å². The molecule has 29 heavy (non-hydrogen) atoms. The molecule has 0 atom stereocenters. The van der Waals surface area contributed by atoms with Crippen molar-refractivity contribution in [3.8, 4) is 0 Å². The molecule has 0 fully saturated rings. The van der Waals surface area contributed by atoms with Crippen LogP contribution in [-0.2, 0) is 10.8 Å². The van der Waals surface area contributed by atoms with E-state index in [4.69, 9.17) is 8.83 Å². The van der Waals surface area contributed by atoms with Crippen LogP contribution in [0.1, 0.15) is 86.4 Å². The highest BCUT2D eigenvalue weighted by Gasteiger charge is 2.31. The molecule has 0 saturated heterocycles. The number of halogens is 1. The summed E-state index contributed by atoms with van der Waals surface area (Å²) in [6, 6.07) is 13.2. The van der Waals surface area contributed by atoms with Gasteiger partial charge in [-0.25, -0.2) is 4.79 Å². The zero-order chi connectivity index (χ0) is 21.6. The quantitative estimate of drug-likeness (QED) is 0.389. The minimum Gasteiger partial charge on any atom is -0.478 e. The summed E-state index contributed by atoms with van der Waals surface area (Å²) in [4.78, 5) is 12.0. The second-order valence-corrected chi connectivity index (χ2v) is 10.6. The Kier molecular flexibility index (Phi) is 5.73. The van der Waals surface area contributed by atoms with Crippen LogP contribution < -0.4 is 0 Å². The number of carboxylic acid groups (broad SMARTS) is 1. The van der Waals surface area contributed by atoms with E-state index >= 15 is 0 Å². The molecule has 3 rings (SSSR count). The standard InChI is InChI=1S/C24H27IO4/c1-23(2,3)19-11-9-17(28-19)21(18-10-12-20(29-18)24(4,5)6)15-8-7-14(25)13-16(15)22(26)27/h7-13,21H,1-6H3,(H,26,27). The Morgan fingerprint density at radius 1 is 0.862 bits per heavy atom. The van der Waals surface area contributed by atoms with E-state index in [1.165, 1.54) is 0 Å². The smallest absolute Gasteiger partial charge is 0.336 e. The van der Waals surface area contributed by atoms with Gasteiger partial charge >= 0.3 is 5.97 Å². The van der Waals surface area contributed by atoms with E-state index in [2.05, 4.69) is 64.1 Å². The van der Waals surface area contributed by atoms with Gasteiger partial charge in [0.1, 0.15) is 29.0 Å². The maximum atomic E-state index is 12.0. The molecule has 0 aliphatic rings. The van der Waals surface area contributed by atoms with Gasteiger partial charge in [-0.2, -0.15) is 0 Å². The van der Waals surface area contributed by atoms with Crippen LogP contribution in [0.15, 0.2) is 51.3 Å². The SMILES string of the molecule is CC(C)(C)c1ccc(C(c2ccc(C(C)(C)C)o2)c2ccc(I)cc2C(=O)O)o1. The predicted octanol–water partition coefficient (Wildman–Crippen LogP) is 6.95. The molecule has 3 aromatic rings. The average molecular weight is 506 g/mol. The van der Waals surface area contributed by atoms with Crippen LogP contribution in [0.4, 0.5) is 0 Å². The van der Waals surface area contributed by atoms with Crippen molar-refractivity contribution in [1.82, 2.24) is 0 Å². The largest absolute Gasteiger partial charge is 0.478 e. The molecule has 0 bridgehead atoms. The lowest BCUT2D eigenvalue weighted by molar-refractivity contribution is 0.0695. The third-order valence-corrected chi connectivity index (χ3v) is 5.53. The fourth-order valence-corrected chi connectivity index (χ4v) is 3.73. The van der Waals surface area contributed by atoms with Crippen molar-refractivity contribution in [2.75, 3.05) is 0 Å². The van der Waals surface area contributed by atoms with E-state index in [0.29, 0.717) is 17.1 Å². The number of benzene rings is 1. The Bertz CT molecular complexity index is 976. The molecule has 0 saturated carbocycles. The molecule has 0 unspecified atom stereocenters. The Labute approximate surface area is 185 Å². The van der Waals surface area contributed by atoms with Gasteiger partial charge in [0.2, 0.25) is 0 Å². The molecule has 0 aliphatic carbocycles. The lowest BCUT2D eigenvalue weighted by Gasteiger charge is -2.19. The summed E-state index contributed by atoms with van der Waals surface area (Å²) in [6.07, 6.45) is 0. The van der Waals surface area contributed by atoms with Crippen LogP contribution in [0, 0.1) is 3.57 Å². The zero-order valence-electron chi connectivity index (χ0n) is 17.7. The van der Waals surface area contributed by atoms with Gasteiger partial charge in [-0.1, -0.05) is 47.6 Å². The fraction of sp³-hybridized carbons (Fsp3) is 0.375. The van der Waals surface area contributed by atoms with Gasteiger partial charge in [0, 0.05) is 14.4 Å². The summed E-state index contributed by atoms with van der Waals surface area (Å²) in [5.41, 5.74) is 0.612. The molecular weight excluding hydrogens is 479 g/mol. The molecule has 4 nitrogen and oxygen atoms in total. The van der Waals surface area contributed by atoms with Crippen molar-refractivity contribution in [3.63, 3.8) is 0 Å². The van der Waals surface area contributed by atoms with Crippen LogP contribution in [-0.4, -0.2) is 11.1 Å². The zero-order valence-corrected chi connectivity index (χ0v) is 19.8. The molecule has 2 aromatic heterocycles. The molecule has 5 heteroatoms. The van der Waals surface area contributed by atoms with E-state index in [1.807, 2.05) is 36.4 Å². The normalized spacial score (nSPS) is 12.6. The van der Waals surface area contributed by atoms with Gasteiger partial charge in [-0.05, 0) is 64.6 Å². The van der Waals surface area contributed by atoms with Crippen molar-refractivity contribution < 1.29 is 18.7 Å². The first-order chi connectivity index (χ1) is 13.4. The lowest BCUT2D eigenvalue weighted by atomic mass is 9.90. The second-order valence-electron chi connectivity index (χ2n) is 9.37. The maximum absolute atomic E-state index is 12.0. The van der Waals surface area contributed by atoms with Crippen LogP contribution in [0.5, 0.6) is 0 Å². The van der Waals surface area contributed by atoms with Gasteiger partial charge in [-0.3, -0.25) is 0 Å². The first kappa shape index (κ1) is 21.7. The number of aromatic carboxylic acids is 1. The van der Waals surface area contributed by atoms with Crippen LogP contribution in [0.25, 0.3) is 0 Å². The fourth-order valence-electron chi connectivity index (χ4n) is 3.23. The Morgan fingerprint density at radius 3 is 1.72 bits per heavy atom. The average Bonchev–Trinajstić information content (AvgIpc) is 3.25. The van der Waals surface area contributed by atoms with Gasteiger partial charge in [-0.15, -0.1) is 0 Å². The molecular formula is C24H27IO4. The Balaban J connectivity index is 2.22. The highest BCUT2D eigenvalue weighted by molar-refractivity contribution is 14.1.